The molecule has 0 fully saturated rings. The van der Waals surface area contributed by atoms with Crippen LogP contribution in [0.1, 0.15) is 0 Å². The molecule has 0 unspecified atom stereocenters. The summed E-state index contributed by atoms with van der Waals surface area (Å²) in [5, 5.41) is 4.51. The molecule has 0 spiro atoms. The molecule has 2 heterocycles. The molecule has 0 bridgehead atoms. The highest BCUT2D eigenvalue weighted by Crippen LogP contribution is 2.09. The minimum absolute atomic E-state index is 1.21. The zero-order valence-corrected chi connectivity index (χ0v) is 7.42. The van der Waals surface area contributed by atoms with E-state index in [1.165, 1.54) is 23.6 Å². The van der Waals surface area contributed by atoms with Crippen LogP contribution in [0.3, 0.4) is 0 Å². The van der Waals surface area contributed by atoms with Gasteiger partial charge in [-0.25, -0.2) is 4.98 Å². The SMILES string of the molecule is c1ccc2[nH]ccc2c1.c1ncon1. The number of benzene rings is 1. The fourth-order valence-electron chi connectivity index (χ4n) is 1.13. The van der Waals surface area contributed by atoms with Crippen LogP contribution in [0.2, 0.25) is 0 Å². The Labute approximate surface area is 80.6 Å². The van der Waals surface area contributed by atoms with Crippen LogP contribution in [-0.2, 0) is 0 Å². The molecule has 0 aliphatic heterocycles. The Balaban J connectivity index is 0.000000128. The van der Waals surface area contributed by atoms with Gasteiger partial charge in [-0.05, 0) is 17.5 Å². The van der Waals surface area contributed by atoms with Gasteiger partial charge in [0.2, 0.25) is 6.39 Å². The number of rotatable bonds is 0. The van der Waals surface area contributed by atoms with Crippen LogP contribution in [0, 0.1) is 0 Å². The van der Waals surface area contributed by atoms with Crippen molar-refractivity contribution in [3.63, 3.8) is 0 Å². The van der Waals surface area contributed by atoms with Gasteiger partial charge in [0, 0.05) is 11.7 Å². The lowest BCUT2D eigenvalue weighted by Crippen LogP contribution is -1.61. The van der Waals surface area contributed by atoms with Crippen molar-refractivity contribution >= 4 is 10.9 Å². The molecular formula is C10H9N3O. The number of hydrogen-bond donors (Lipinski definition) is 1. The number of nitrogens with one attached hydrogen (secondary N) is 1. The van der Waals surface area contributed by atoms with Gasteiger partial charge in [-0.15, -0.1) is 0 Å². The summed E-state index contributed by atoms with van der Waals surface area (Å²) < 4.78 is 4.22. The monoisotopic (exact) mass is 187 g/mol. The van der Waals surface area contributed by atoms with E-state index in [1.54, 1.807) is 0 Å². The average Bonchev–Trinajstić information content (AvgIpc) is 2.92. The molecule has 3 rings (SSSR count). The van der Waals surface area contributed by atoms with E-state index in [2.05, 4.69) is 37.8 Å². The molecule has 1 N–H and O–H groups in total. The Hall–Kier alpha value is -2.10. The lowest BCUT2D eigenvalue weighted by Gasteiger charge is -1.83. The number of hydrogen-bond acceptors (Lipinski definition) is 3. The molecule has 0 saturated carbocycles. The normalized spacial score (nSPS) is 9.43. The Morgan fingerprint density at radius 2 is 2.07 bits per heavy atom. The van der Waals surface area contributed by atoms with Crippen LogP contribution in [-0.4, -0.2) is 15.1 Å². The number of nitrogens with zero attached hydrogens (tertiary/aromatic N) is 2. The predicted molar refractivity (Wildman–Crippen MR) is 52.6 cm³/mol. The third kappa shape index (κ3) is 1.98. The van der Waals surface area contributed by atoms with Crippen molar-refractivity contribution in [1.82, 2.24) is 15.1 Å². The van der Waals surface area contributed by atoms with Gasteiger partial charge in [-0.3, -0.25) is 0 Å². The van der Waals surface area contributed by atoms with E-state index in [4.69, 9.17) is 0 Å². The van der Waals surface area contributed by atoms with Gasteiger partial charge in [-0.2, -0.15) is 0 Å². The van der Waals surface area contributed by atoms with Crippen molar-refractivity contribution < 1.29 is 4.52 Å². The molecule has 1 aromatic carbocycles. The Morgan fingerprint density at radius 1 is 1.14 bits per heavy atom. The first-order chi connectivity index (χ1) is 6.97. The molecule has 0 saturated heterocycles. The highest BCUT2D eigenvalue weighted by Gasteiger charge is 1.86. The summed E-state index contributed by atoms with van der Waals surface area (Å²) in [7, 11) is 0. The quantitative estimate of drug-likeness (QED) is 0.587. The zero-order chi connectivity index (χ0) is 9.64. The van der Waals surface area contributed by atoms with Crippen LogP contribution < -0.4 is 0 Å². The van der Waals surface area contributed by atoms with E-state index in [9.17, 15) is 0 Å². The minimum Gasteiger partial charge on any atom is -0.361 e. The summed E-state index contributed by atoms with van der Waals surface area (Å²) in [4.78, 5) is 6.56. The van der Waals surface area contributed by atoms with Crippen molar-refractivity contribution in [3.8, 4) is 0 Å². The molecule has 0 radical (unpaired) electrons. The summed E-state index contributed by atoms with van der Waals surface area (Å²) >= 11 is 0. The standard InChI is InChI=1S/C8H7N.C2H2N2O/c1-2-4-8-7(3-1)5-6-9-8;1-3-2-5-4-1/h1-6,9H;1-2H. The minimum atomic E-state index is 1.21. The van der Waals surface area contributed by atoms with Gasteiger partial charge >= 0.3 is 0 Å². The summed E-state index contributed by atoms with van der Waals surface area (Å²) in [5.41, 5.74) is 1.21. The lowest BCUT2D eigenvalue weighted by molar-refractivity contribution is 0.416. The zero-order valence-electron chi connectivity index (χ0n) is 7.42. The van der Waals surface area contributed by atoms with Gasteiger partial charge < -0.3 is 9.51 Å². The van der Waals surface area contributed by atoms with Crippen molar-refractivity contribution in [3.05, 3.63) is 49.2 Å². The molecule has 70 valence electrons. The Bertz CT molecular complexity index is 425. The van der Waals surface area contributed by atoms with E-state index in [0.29, 0.717) is 0 Å². The largest absolute Gasteiger partial charge is 0.361 e. The predicted octanol–water partition coefficient (Wildman–Crippen LogP) is 2.24. The number of aromatic nitrogens is 3. The second kappa shape index (κ2) is 4.23. The van der Waals surface area contributed by atoms with E-state index < -0.39 is 0 Å². The highest BCUT2D eigenvalue weighted by atomic mass is 16.5. The van der Waals surface area contributed by atoms with Gasteiger partial charge in [0.05, 0.1) is 0 Å². The smallest absolute Gasteiger partial charge is 0.213 e. The van der Waals surface area contributed by atoms with Crippen LogP contribution in [0.15, 0.2) is 53.8 Å². The third-order valence-electron chi connectivity index (χ3n) is 1.75. The summed E-state index contributed by atoms with van der Waals surface area (Å²) in [6, 6.07) is 10.3. The second-order valence-corrected chi connectivity index (χ2v) is 2.65. The number of fused-ring (bicyclic) bond motifs is 1. The van der Waals surface area contributed by atoms with Crippen molar-refractivity contribution in [2.45, 2.75) is 0 Å². The first kappa shape index (κ1) is 8.50. The van der Waals surface area contributed by atoms with E-state index in [0.717, 1.165) is 0 Å². The maximum Gasteiger partial charge on any atom is 0.213 e. The van der Waals surface area contributed by atoms with Crippen LogP contribution in [0.25, 0.3) is 10.9 Å². The van der Waals surface area contributed by atoms with Crippen LogP contribution in [0.4, 0.5) is 0 Å². The third-order valence-corrected chi connectivity index (χ3v) is 1.75. The first-order valence-corrected chi connectivity index (χ1v) is 4.18. The molecule has 2 aromatic heterocycles. The second-order valence-electron chi connectivity index (χ2n) is 2.65. The Kier molecular flexibility index (Phi) is 2.56. The molecule has 3 aromatic rings. The van der Waals surface area contributed by atoms with Gasteiger partial charge in [0.25, 0.3) is 0 Å². The molecule has 0 amide bonds. The molecule has 0 aliphatic carbocycles. The molecule has 0 atom stereocenters. The van der Waals surface area contributed by atoms with Crippen LogP contribution in [0.5, 0.6) is 0 Å². The summed E-state index contributed by atoms with van der Waals surface area (Å²) in [5.74, 6) is 0. The molecular weight excluding hydrogens is 178 g/mol. The highest BCUT2D eigenvalue weighted by molar-refractivity contribution is 5.78. The molecule has 4 heteroatoms. The molecule has 14 heavy (non-hydrogen) atoms. The maximum atomic E-state index is 4.22. The van der Waals surface area contributed by atoms with Crippen molar-refractivity contribution in [1.29, 1.82) is 0 Å². The van der Waals surface area contributed by atoms with E-state index in [-0.39, 0.29) is 0 Å². The molecule has 0 aliphatic rings. The average molecular weight is 187 g/mol. The van der Waals surface area contributed by atoms with Gasteiger partial charge in [0.15, 0.2) is 6.33 Å². The van der Waals surface area contributed by atoms with Gasteiger partial charge in [0.1, 0.15) is 0 Å². The fraction of sp³-hybridized carbons (Fsp3) is 0. The van der Waals surface area contributed by atoms with Gasteiger partial charge in [-0.1, -0.05) is 23.4 Å². The number of H-pyrrole nitrogens is 1. The van der Waals surface area contributed by atoms with E-state index >= 15 is 0 Å². The fourth-order valence-corrected chi connectivity index (χ4v) is 1.13. The maximum absolute atomic E-state index is 4.22. The number of para-hydroxylation sites is 1. The lowest BCUT2D eigenvalue weighted by atomic mass is 10.3. The summed E-state index contributed by atoms with van der Waals surface area (Å²) in [6.45, 7) is 0. The number of aromatic amines is 1. The Morgan fingerprint density at radius 3 is 2.71 bits per heavy atom. The van der Waals surface area contributed by atoms with Crippen molar-refractivity contribution in [2.24, 2.45) is 0 Å². The van der Waals surface area contributed by atoms with Crippen LogP contribution >= 0.6 is 0 Å². The summed E-state index contributed by atoms with van der Waals surface area (Å²) in [6.07, 6.45) is 4.55. The molecule has 4 nitrogen and oxygen atoms in total. The van der Waals surface area contributed by atoms with Crippen molar-refractivity contribution in [2.75, 3.05) is 0 Å². The van der Waals surface area contributed by atoms with E-state index in [1.807, 2.05) is 18.3 Å². The first-order valence-electron chi connectivity index (χ1n) is 4.18. The topological polar surface area (TPSA) is 54.7 Å².